The van der Waals surface area contributed by atoms with Crippen LogP contribution in [0.2, 0.25) is 0 Å². The molecule has 0 aromatic carbocycles. The van der Waals surface area contributed by atoms with Crippen LogP contribution in [0.5, 0.6) is 0 Å². The van der Waals surface area contributed by atoms with Gasteiger partial charge < -0.3 is 0 Å². The van der Waals surface area contributed by atoms with Crippen molar-refractivity contribution in [2.75, 3.05) is 13.1 Å². The number of carbonyl (C=O) groups excluding carboxylic acids is 4. The Balaban J connectivity index is 5.34. The fourth-order valence-corrected chi connectivity index (χ4v) is 1.14. The summed E-state index contributed by atoms with van der Waals surface area (Å²) in [4.78, 5) is 44.2. The van der Waals surface area contributed by atoms with Gasteiger partial charge in [-0.25, -0.2) is 10.0 Å². The van der Waals surface area contributed by atoms with E-state index in [9.17, 15) is 19.2 Å². The average Bonchev–Trinajstić information content (AvgIpc) is 2.30. The summed E-state index contributed by atoms with van der Waals surface area (Å²) in [5.74, 6) is 1.20. The summed E-state index contributed by atoms with van der Waals surface area (Å²) in [6.07, 6.45) is 9.71. The Morgan fingerprint density at radius 1 is 0.833 bits per heavy atom. The van der Waals surface area contributed by atoms with E-state index >= 15 is 0 Å². The van der Waals surface area contributed by atoms with Gasteiger partial charge in [-0.15, -0.1) is 12.8 Å². The van der Waals surface area contributed by atoms with E-state index in [2.05, 4.69) is 0 Å². The van der Waals surface area contributed by atoms with Gasteiger partial charge in [-0.2, -0.15) is 0 Å². The number of nitrogens with zero attached hydrogens (tertiary/aromatic N) is 2. The minimum absolute atomic E-state index is 0.470. The molecule has 0 aliphatic rings. The van der Waals surface area contributed by atoms with E-state index in [-0.39, 0.29) is 0 Å². The van der Waals surface area contributed by atoms with Crippen LogP contribution in [0.15, 0.2) is 0 Å². The number of hydrogen-bond acceptors (Lipinski definition) is 4. The predicted molar refractivity (Wildman–Crippen MR) is 62.8 cm³/mol. The lowest BCUT2D eigenvalue weighted by molar-refractivity contribution is -0.158. The maximum absolute atomic E-state index is 11.4. The van der Waals surface area contributed by atoms with Crippen LogP contribution < -0.4 is 0 Å². The zero-order valence-electron chi connectivity index (χ0n) is 8.85. The molecule has 0 N–H and O–H groups in total. The third-order valence-corrected chi connectivity index (χ3v) is 1.79. The number of amides is 2. The number of terminal acetylenes is 2. The van der Waals surface area contributed by atoms with Crippen molar-refractivity contribution < 1.29 is 19.2 Å². The van der Waals surface area contributed by atoms with Crippen LogP contribution in [0.25, 0.3) is 0 Å². The monoisotopic (exact) mass is 288 g/mol. The molecule has 0 bridgehead atoms. The summed E-state index contributed by atoms with van der Waals surface area (Å²) in [6, 6.07) is 0. The third kappa shape index (κ3) is 4.88. The maximum Gasteiger partial charge on any atom is 0.317 e. The number of rotatable bonds is 4. The lowest BCUT2D eigenvalue weighted by Crippen LogP contribution is -2.52. The Kier molecular flexibility index (Phi) is 6.51. The molecular formula is C10H6Cl2N2O4. The lowest BCUT2D eigenvalue weighted by atomic mass is 10.5. The van der Waals surface area contributed by atoms with Gasteiger partial charge in [0, 0.05) is 0 Å². The van der Waals surface area contributed by atoms with E-state index in [0.717, 1.165) is 0 Å². The van der Waals surface area contributed by atoms with Crippen LogP contribution in [0.4, 0.5) is 0 Å². The molecule has 6 nitrogen and oxygen atoms in total. The number of hydrazine groups is 1. The molecule has 0 aliphatic carbocycles. The van der Waals surface area contributed by atoms with Crippen LogP contribution in [0.3, 0.4) is 0 Å². The van der Waals surface area contributed by atoms with E-state index in [1.165, 1.54) is 0 Å². The van der Waals surface area contributed by atoms with Gasteiger partial charge in [0.15, 0.2) is 0 Å². The molecular weight excluding hydrogens is 283 g/mol. The lowest BCUT2D eigenvalue weighted by Gasteiger charge is -2.29. The van der Waals surface area contributed by atoms with Crippen LogP contribution in [0, 0.1) is 24.7 Å². The van der Waals surface area contributed by atoms with Crippen LogP contribution >= 0.6 is 23.2 Å². The first-order valence-corrected chi connectivity index (χ1v) is 5.01. The summed E-state index contributed by atoms with van der Waals surface area (Å²) in [6.45, 7) is -1.44. The predicted octanol–water partition coefficient (Wildman–Crippen LogP) is -0.644. The zero-order valence-corrected chi connectivity index (χ0v) is 10.4. The minimum Gasteiger partial charge on any atom is -0.279 e. The standard InChI is InChI=1S/C10H6Cl2N2O4/c1-3-9(17)13(5-7(11)15)14(6-8(12)16)10(18)4-2/h1-2H,5-6H2. The molecule has 0 aliphatic heterocycles. The van der Waals surface area contributed by atoms with E-state index in [1.54, 1.807) is 11.8 Å². The SMILES string of the molecule is C#CC(=O)N(CC(=O)Cl)N(CC(=O)Cl)C(=O)C#C. The fraction of sp³-hybridized carbons (Fsp3) is 0.200. The third-order valence-electron chi connectivity index (χ3n) is 1.56. The Hall–Kier alpha value is -2.02. The molecule has 0 saturated carbocycles. The summed E-state index contributed by atoms with van der Waals surface area (Å²) in [5, 5.41) is -1.01. The van der Waals surface area contributed by atoms with Crippen molar-refractivity contribution in [1.29, 1.82) is 0 Å². The first-order valence-electron chi connectivity index (χ1n) is 4.26. The molecule has 0 aromatic heterocycles. The van der Waals surface area contributed by atoms with Crippen LogP contribution in [-0.2, 0) is 19.2 Å². The fourth-order valence-electron chi connectivity index (χ4n) is 0.918. The van der Waals surface area contributed by atoms with Gasteiger partial charge in [0.25, 0.3) is 0 Å². The molecule has 0 atom stereocenters. The van der Waals surface area contributed by atoms with E-state index in [1.807, 2.05) is 0 Å². The number of carbonyl (C=O) groups is 4. The number of hydrogen-bond donors (Lipinski definition) is 0. The largest absolute Gasteiger partial charge is 0.317 e. The highest BCUT2D eigenvalue weighted by atomic mass is 35.5. The number of halogens is 2. The topological polar surface area (TPSA) is 74.8 Å². The Morgan fingerprint density at radius 2 is 1.11 bits per heavy atom. The Bertz CT molecular complexity index is 431. The molecule has 0 unspecified atom stereocenters. The van der Waals surface area contributed by atoms with Gasteiger partial charge >= 0.3 is 11.8 Å². The normalized spacial score (nSPS) is 8.67. The van der Waals surface area contributed by atoms with Crippen molar-refractivity contribution in [2.24, 2.45) is 0 Å². The quantitative estimate of drug-likeness (QED) is 0.392. The summed E-state index contributed by atoms with van der Waals surface area (Å²) >= 11 is 10.2. The molecule has 8 heteroatoms. The van der Waals surface area contributed by atoms with E-state index in [4.69, 9.17) is 36.0 Å². The van der Waals surface area contributed by atoms with Crippen molar-refractivity contribution in [3.63, 3.8) is 0 Å². The Morgan fingerprint density at radius 3 is 1.28 bits per heavy atom. The average molecular weight is 289 g/mol. The molecule has 0 aromatic rings. The van der Waals surface area contributed by atoms with E-state index < -0.39 is 35.4 Å². The maximum atomic E-state index is 11.4. The first-order chi connectivity index (χ1) is 8.33. The summed E-state index contributed by atoms with van der Waals surface area (Å²) < 4.78 is 0. The summed E-state index contributed by atoms with van der Waals surface area (Å²) in [5.41, 5.74) is 0. The molecule has 0 fully saturated rings. The van der Waals surface area contributed by atoms with Crippen molar-refractivity contribution in [1.82, 2.24) is 10.0 Å². The van der Waals surface area contributed by atoms with Crippen LogP contribution in [0.1, 0.15) is 0 Å². The molecule has 18 heavy (non-hydrogen) atoms. The molecule has 0 spiro atoms. The molecule has 2 amide bonds. The van der Waals surface area contributed by atoms with Gasteiger partial charge in [-0.05, 0) is 35.0 Å². The summed E-state index contributed by atoms with van der Waals surface area (Å²) in [7, 11) is 0. The van der Waals surface area contributed by atoms with Crippen molar-refractivity contribution in [2.45, 2.75) is 0 Å². The zero-order chi connectivity index (χ0) is 14.3. The van der Waals surface area contributed by atoms with Gasteiger partial charge in [-0.3, -0.25) is 19.2 Å². The van der Waals surface area contributed by atoms with Crippen molar-refractivity contribution in [3.05, 3.63) is 0 Å². The van der Waals surface area contributed by atoms with Gasteiger partial charge in [0.1, 0.15) is 13.1 Å². The molecule has 0 rings (SSSR count). The smallest absolute Gasteiger partial charge is 0.279 e. The highest BCUT2D eigenvalue weighted by molar-refractivity contribution is 6.64. The molecule has 94 valence electrons. The van der Waals surface area contributed by atoms with E-state index in [0.29, 0.717) is 10.0 Å². The molecule has 0 radical (unpaired) electrons. The van der Waals surface area contributed by atoms with Crippen molar-refractivity contribution >= 4 is 45.5 Å². The van der Waals surface area contributed by atoms with Gasteiger partial charge in [0.2, 0.25) is 10.5 Å². The van der Waals surface area contributed by atoms with Crippen LogP contribution in [-0.4, -0.2) is 45.4 Å². The second-order valence-corrected chi connectivity index (χ2v) is 3.57. The second kappa shape index (κ2) is 7.33. The highest BCUT2D eigenvalue weighted by Gasteiger charge is 2.27. The van der Waals surface area contributed by atoms with Gasteiger partial charge in [0.05, 0.1) is 0 Å². The second-order valence-electron chi connectivity index (χ2n) is 2.72. The van der Waals surface area contributed by atoms with Gasteiger partial charge in [-0.1, -0.05) is 0 Å². The highest BCUT2D eigenvalue weighted by Crippen LogP contribution is 2.03. The molecule has 0 saturated heterocycles. The minimum atomic E-state index is -1.06. The molecule has 0 heterocycles. The Labute approximate surface area is 113 Å². The van der Waals surface area contributed by atoms with Crippen molar-refractivity contribution in [3.8, 4) is 24.7 Å². The first kappa shape index (κ1) is 16.0.